The number of aromatic nitrogens is 1. The van der Waals surface area contributed by atoms with Crippen LogP contribution < -0.4 is 5.32 Å². The molecule has 2 rings (SSSR count). The molecule has 1 aromatic carbocycles. The second-order valence-corrected chi connectivity index (χ2v) is 7.33. The summed E-state index contributed by atoms with van der Waals surface area (Å²) in [6.45, 7) is -1.09. The fraction of sp³-hybridized carbons (Fsp3) is 0.263. The number of halogens is 4. The van der Waals surface area contributed by atoms with Gasteiger partial charge in [-0.2, -0.15) is 13.2 Å². The highest BCUT2D eigenvalue weighted by Gasteiger charge is 2.33. The van der Waals surface area contributed by atoms with Gasteiger partial charge in [0.1, 0.15) is 5.03 Å². The van der Waals surface area contributed by atoms with E-state index in [1.165, 1.54) is 37.1 Å². The van der Waals surface area contributed by atoms with Crippen LogP contribution in [0.15, 0.2) is 41.6 Å². The predicted molar refractivity (Wildman–Crippen MR) is 109 cm³/mol. The lowest BCUT2D eigenvalue weighted by Gasteiger charge is -2.17. The zero-order valence-electron chi connectivity index (χ0n) is 16.3. The molecule has 0 saturated heterocycles. The quantitative estimate of drug-likeness (QED) is 0.485. The molecule has 2 aromatic rings. The van der Waals surface area contributed by atoms with Gasteiger partial charge in [0, 0.05) is 18.9 Å². The average molecular weight is 476 g/mol. The van der Waals surface area contributed by atoms with Crippen LogP contribution in [0.4, 0.5) is 18.9 Å². The summed E-state index contributed by atoms with van der Waals surface area (Å²) in [5, 5.41) is 2.20. The normalized spacial score (nSPS) is 11.0. The third-order valence-corrected chi connectivity index (χ3v) is 4.91. The molecule has 0 bridgehead atoms. The maximum absolute atomic E-state index is 12.9. The van der Waals surface area contributed by atoms with Gasteiger partial charge in [-0.15, -0.1) is 11.8 Å². The average Bonchev–Trinajstić information content (AvgIpc) is 2.72. The maximum atomic E-state index is 12.9. The molecule has 7 nitrogen and oxygen atoms in total. The van der Waals surface area contributed by atoms with Gasteiger partial charge in [0.05, 0.1) is 22.7 Å². The highest BCUT2D eigenvalue weighted by atomic mass is 35.5. The topological polar surface area (TPSA) is 88.6 Å². The van der Waals surface area contributed by atoms with Crippen LogP contribution in [0.25, 0.3) is 0 Å². The summed E-state index contributed by atoms with van der Waals surface area (Å²) in [7, 11) is 1.29. The van der Waals surface area contributed by atoms with Gasteiger partial charge in [-0.3, -0.25) is 9.59 Å². The van der Waals surface area contributed by atoms with Gasteiger partial charge < -0.3 is 15.0 Å². The van der Waals surface area contributed by atoms with Crippen LogP contribution in [0.3, 0.4) is 0 Å². The molecule has 0 spiro atoms. The third-order valence-electron chi connectivity index (χ3n) is 3.87. The Balaban J connectivity index is 1.91. The van der Waals surface area contributed by atoms with Crippen LogP contribution in [0.5, 0.6) is 0 Å². The van der Waals surface area contributed by atoms with E-state index >= 15 is 0 Å². The Bertz CT molecular complexity index is 988. The van der Waals surface area contributed by atoms with Crippen molar-refractivity contribution in [3.63, 3.8) is 0 Å². The van der Waals surface area contributed by atoms with Crippen molar-refractivity contribution in [2.24, 2.45) is 0 Å². The number of alkyl halides is 3. The van der Waals surface area contributed by atoms with E-state index in [4.69, 9.17) is 16.3 Å². The number of nitrogens with zero attached hydrogens (tertiary/aromatic N) is 2. The second kappa shape index (κ2) is 10.5. The number of carbonyl (C=O) groups is 3. The van der Waals surface area contributed by atoms with E-state index in [9.17, 15) is 27.6 Å². The van der Waals surface area contributed by atoms with Crippen molar-refractivity contribution in [3.05, 3.63) is 52.7 Å². The maximum Gasteiger partial charge on any atom is 0.417 e. The molecule has 1 heterocycles. The molecule has 166 valence electrons. The monoisotopic (exact) mass is 475 g/mol. The van der Waals surface area contributed by atoms with Crippen molar-refractivity contribution in [2.45, 2.75) is 11.2 Å². The lowest BCUT2D eigenvalue weighted by Crippen LogP contribution is -2.37. The number of ether oxygens (including phenoxy) is 1. The highest BCUT2D eigenvalue weighted by molar-refractivity contribution is 7.98. The number of hydrogen-bond acceptors (Lipinski definition) is 6. The Labute approximate surface area is 184 Å². The minimum atomic E-state index is -4.68. The number of amides is 2. The van der Waals surface area contributed by atoms with Crippen molar-refractivity contribution in [1.82, 2.24) is 9.88 Å². The molecular weight excluding hydrogens is 459 g/mol. The minimum Gasteiger partial charge on any atom is -0.452 e. The minimum absolute atomic E-state index is 0.129. The zero-order chi connectivity index (χ0) is 23.2. The first-order valence-electron chi connectivity index (χ1n) is 8.59. The lowest BCUT2D eigenvalue weighted by molar-refractivity contribution is -0.137. The predicted octanol–water partition coefficient (Wildman–Crippen LogP) is 3.73. The molecule has 31 heavy (non-hydrogen) atoms. The second-order valence-electron chi connectivity index (χ2n) is 6.13. The molecule has 0 aliphatic carbocycles. The van der Waals surface area contributed by atoms with Crippen molar-refractivity contribution >= 4 is 46.8 Å². The number of esters is 1. The van der Waals surface area contributed by atoms with E-state index in [1.807, 2.05) is 0 Å². The van der Waals surface area contributed by atoms with E-state index in [0.717, 1.165) is 11.0 Å². The third kappa shape index (κ3) is 6.86. The Morgan fingerprint density at radius 3 is 2.61 bits per heavy atom. The first-order chi connectivity index (χ1) is 14.5. The van der Waals surface area contributed by atoms with Gasteiger partial charge in [0.25, 0.3) is 5.91 Å². The van der Waals surface area contributed by atoms with Crippen molar-refractivity contribution in [3.8, 4) is 0 Å². The molecule has 12 heteroatoms. The van der Waals surface area contributed by atoms with E-state index in [2.05, 4.69) is 10.3 Å². The number of pyridine rings is 1. The largest absolute Gasteiger partial charge is 0.452 e. The Hall–Kier alpha value is -2.79. The number of anilines is 1. The Kier molecular flexibility index (Phi) is 8.28. The summed E-state index contributed by atoms with van der Waals surface area (Å²) in [6, 6.07) is 5.96. The molecule has 0 aliphatic rings. The smallest absolute Gasteiger partial charge is 0.417 e. The van der Waals surface area contributed by atoms with Crippen LogP contribution >= 0.6 is 23.4 Å². The summed E-state index contributed by atoms with van der Waals surface area (Å²) >= 11 is 6.77. The van der Waals surface area contributed by atoms with Crippen LogP contribution in [0.1, 0.15) is 15.9 Å². The van der Waals surface area contributed by atoms with Crippen molar-refractivity contribution in [2.75, 3.05) is 31.8 Å². The first-order valence-corrected chi connectivity index (χ1v) is 10.2. The number of rotatable bonds is 7. The fourth-order valence-electron chi connectivity index (χ4n) is 2.35. The lowest BCUT2D eigenvalue weighted by atomic mass is 10.2. The molecule has 0 unspecified atom stereocenters. The van der Waals surface area contributed by atoms with E-state index in [-0.39, 0.29) is 11.3 Å². The molecular formula is C19H17ClF3N3O4S. The summed E-state index contributed by atoms with van der Waals surface area (Å²) in [5.41, 5.74) is -1.02. The van der Waals surface area contributed by atoms with Gasteiger partial charge >= 0.3 is 12.1 Å². The van der Waals surface area contributed by atoms with E-state index in [0.29, 0.717) is 11.1 Å². The van der Waals surface area contributed by atoms with E-state index < -0.39 is 47.7 Å². The van der Waals surface area contributed by atoms with Gasteiger partial charge in [-0.25, -0.2) is 9.78 Å². The van der Waals surface area contributed by atoms with Crippen LogP contribution in [0, 0.1) is 0 Å². The van der Waals surface area contributed by atoms with Gasteiger partial charge in [0.15, 0.2) is 6.61 Å². The molecule has 1 aromatic heterocycles. The Morgan fingerprint density at radius 1 is 1.26 bits per heavy atom. The number of benzene rings is 1. The van der Waals surface area contributed by atoms with Gasteiger partial charge in [-0.05, 0) is 36.6 Å². The van der Waals surface area contributed by atoms with Crippen LogP contribution in [-0.2, 0) is 20.5 Å². The van der Waals surface area contributed by atoms with E-state index in [1.54, 1.807) is 12.3 Å². The summed E-state index contributed by atoms with van der Waals surface area (Å²) in [6.07, 6.45) is -1.44. The van der Waals surface area contributed by atoms with Crippen LogP contribution in [0.2, 0.25) is 5.02 Å². The first kappa shape index (κ1) is 24.5. The SMILES string of the molecule is CSc1ncccc1C(=O)OCC(=O)N(C)CC(=O)Nc1ccc(Cl)c(C(F)(F)F)c1. The molecule has 0 aliphatic heterocycles. The molecule has 2 amide bonds. The van der Waals surface area contributed by atoms with Gasteiger partial charge in [-0.1, -0.05) is 11.6 Å². The number of hydrogen-bond donors (Lipinski definition) is 1. The van der Waals surface area contributed by atoms with Crippen molar-refractivity contribution in [1.29, 1.82) is 0 Å². The Morgan fingerprint density at radius 2 is 1.97 bits per heavy atom. The van der Waals surface area contributed by atoms with Crippen LogP contribution in [-0.4, -0.2) is 54.1 Å². The number of likely N-dealkylation sites (N-methyl/N-ethyl adjacent to an activating group) is 1. The summed E-state index contributed by atoms with van der Waals surface area (Å²) in [4.78, 5) is 41.3. The summed E-state index contributed by atoms with van der Waals surface area (Å²) in [5.74, 6) is -2.16. The molecule has 0 radical (unpaired) electrons. The standard InChI is InChI=1S/C19H17ClF3N3O4S/c1-26(16(28)10-30-18(29)12-4-3-7-24-17(12)31-2)9-15(27)25-11-5-6-14(20)13(8-11)19(21,22)23/h3-8H,9-10H2,1-2H3,(H,25,27). The molecule has 1 N–H and O–H groups in total. The fourth-order valence-corrected chi connectivity index (χ4v) is 3.11. The number of carbonyl (C=O) groups excluding carboxylic acids is 3. The molecule has 0 saturated carbocycles. The summed E-state index contributed by atoms with van der Waals surface area (Å²) < 4.78 is 43.7. The number of nitrogens with one attached hydrogen (secondary N) is 1. The van der Waals surface area contributed by atoms with Crippen molar-refractivity contribution < 1.29 is 32.3 Å². The highest BCUT2D eigenvalue weighted by Crippen LogP contribution is 2.36. The molecule has 0 fully saturated rings. The van der Waals surface area contributed by atoms with Gasteiger partial charge in [0.2, 0.25) is 5.91 Å². The zero-order valence-corrected chi connectivity index (χ0v) is 17.9. The number of thioether (sulfide) groups is 1. The molecule has 0 atom stereocenters.